The second-order valence-electron chi connectivity index (χ2n) is 6.66. The number of rotatable bonds is 8. The highest BCUT2D eigenvalue weighted by Gasteiger charge is 2.19. The van der Waals surface area contributed by atoms with Gasteiger partial charge in [-0.05, 0) is 36.2 Å². The van der Waals surface area contributed by atoms with E-state index < -0.39 is 23.8 Å². The summed E-state index contributed by atoms with van der Waals surface area (Å²) in [5.74, 6) is -1.32. The van der Waals surface area contributed by atoms with Gasteiger partial charge >= 0.3 is 5.97 Å². The Morgan fingerprint density at radius 2 is 1.60 bits per heavy atom. The third-order valence-corrected chi connectivity index (χ3v) is 4.36. The highest BCUT2D eigenvalue weighted by molar-refractivity contribution is 5.95. The van der Waals surface area contributed by atoms with Gasteiger partial charge in [-0.2, -0.15) is 0 Å². The number of nitrogens with one attached hydrogen (secondary N) is 1. The first-order valence-corrected chi connectivity index (χ1v) is 9.52. The van der Waals surface area contributed by atoms with E-state index in [0.29, 0.717) is 12.2 Å². The lowest BCUT2D eigenvalue weighted by Crippen LogP contribution is -2.32. The molecule has 1 atom stereocenters. The van der Waals surface area contributed by atoms with Gasteiger partial charge in [0, 0.05) is 6.42 Å². The largest absolute Gasteiger partial charge is 0.482 e. The van der Waals surface area contributed by atoms with Crippen molar-refractivity contribution in [3.63, 3.8) is 0 Å². The van der Waals surface area contributed by atoms with Crippen LogP contribution >= 0.6 is 0 Å². The van der Waals surface area contributed by atoms with E-state index in [2.05, 4.69) is 5.32 Å². The van der Waals surface area contributed by atoms with Crippen LogP contribution in [0, 0.1) is 5.82 Å². The molecule has 154 valence electrons. The van der Waals surface area contributed by atoms with Crippen molar-refractivity contribution in [3.8, 4) is 5.75 Å². The van der Waals surface area contributed by atoms with Gasteiger partial charge in [-0.25, -0.2) is 9.18 Å². The van der Waals surface area contributed by atoms with Crippen molar-refractivity contribution in [1.82, 2.24) is 0 Å². The van der Waals surface area contributed by atoms with Gasteiger partial charge in [0.1, 0.15) is 11.6 Å². The first-order chi connectivity index (χ1) is 14.5. The predicted molar refractivity (Wildman–Crippen MR) is 112 cm³/mol. The fourth-order valence-electron chi connectivity index (χ4n) is 2.82. The molecule has 6 heteroatoms. The second kappa shape index (κ2) is 10.2. The van der Waals surface area contributed by atoms with Crippen molar-refractivity contribution in [1.29, 1.82) is 0 Å². The molecule has 5 nitrogen and oxygen atoms in total. The van der Waals surface area contributed by atoms with Crippen LogP contribution in [0.15, 0.2) is 78.9 Å². The fourth-order valence-corrected chi connectivity index (χ4v) is 2.82. The number of hydrogen-bond acceptors (Lipinski definition) is 4. The van der Waals surface area contributed by atoms with Crippen molar-refractivity contribution < 1.29 is 23.5 Å². The normalized spacial score (nSPS) is 11.4. The van der Waals surface area contributed by atoms with Crippen LogP contribution in [0.3, 0.4) is 0 Å². The zero-order chi connectivity index (χ0) is 21.3. The monoisotopic (exact) mass is 407 g/mol. The molecule has 0 saturated heterocycles. The number of halogens is 1. The van der Waals surface area contributed by atoms with Gasteiger partial charge in [-0.15, -0.1) is 0 Å². The third kappa shape index (κ3) is 5.91. The maximum Gasteiger partial charge on any atom is 0.344 e. The van der Waals surface area contributed by atoms with Crippen molar-refractivity contribution in [3.05, 3.63) is 95.8 Å². The number of anilines is 1. The number of carbonyl (C=O) groups excluding carboxylic acids is 2. The van der Waals surface area contributed by atoms with E-state index in [4.69, 9.17) is 9.47 Å². The Kier molecular flexibility index (Phi) is 7.16. The lowest BCUT2D eigenvalue weighted by molar-refractivity contribution is -0.155. The first-order valence-electron chi connectivity index (χ1n) is 9.52. The Hall–Kier alpha value is -3.67. The number of benzene rings is 3. The summed E-state index contributed by atoms with van der Waals surface area (Å²) in [4.78, 5) is 24.3. The minimum absolute atomic E-state index is 0.0245. The lowest BCUT2D eigenvalue weighted by atomic mass is 10.0. The molecule has 0 aliphatic carbocycles. The molecular formula is C24H22FNO4. The standard InChI is InChI=1S/C24H22FNO4/c1-17(24(28)26-21-13-7-6-12-20(21)25)30-23(27)16-29-22-14-8-5-11-19(22)15-18-9-3-2-4-10-18/h2-14,17H,15-16H2,1H3,(H,26,28)/t17-/m0/s1. The Balaban J connectivity index is 1.53. The summed E-state index contributed by atoms with van der Waals surface area (Å²) in [5, 5.41) is 2.39. The molecule has 0 bridgehead atoms. The Morgan fingerprint density at radius 1 is 0.933 bits per heavy atom. The Labute approximate surface area is 174 Å². The van der Waals surface area contributed by atoms with E-state index in [1.54, 1.807) is 12.1 Å². The lowest BCUT2D eigenvalue weighted by Gasteiger charge is -2.15. The molecule has 0 saturated carbocycles. The van der Waals surface area contributed by atoms with Crippen LogP contribution in [0.4, 0.5) is 10.1 Å². The van der Waals surface area contributed by atoms with Crippen LogP contribution in [0.2, 0.25) is 0 Å². The Bertz CT molecular complexity index is 1010. The molecule has 3 rings (SSSR count). The highest BCUT2D eigenvalue weighted by atomic mass is 19.1. The molecule has 1 N–H and O–H groups in total. The van der Waals surface area contributed by atoms with Crippen LogP contribution in [0.25, 0.3) is 0 Å². The molecule has 0 aromatic heterocycles. The summed E-state index contributed by atoms with van der Waals surface area (Å²) in [6.07, 6.45) is -0.437. The molecule has 0 radical (unpaired) electrons. The highest BCUT2D eigenvalue weighted by Crippen LogP contribution is 2.21. The van der Waals surface area contributed by atoms with E-state index in [0.717, 1.165) is 11.1 Å². The molecule has 3 aromatic carbocycles. The van der Waals surface area contributed by atoms with Gasteiger partial charge in [0.25, 0.3) is 5.91 Å². The van der Waals surface area contributed by atoms with E-state index in [1.165, 1.54) is 25.1 Å². The van der Waals surface area contributed by atoms with Crippen molar-refractivity contribution >= 4 is 17.6 Å². The number of carbonyl (C=O) groups is 2. The number of amides is 1. The topological polar surface area (TPSA) is 64.6 Å². The van der Waals surface area contributed by atoms with Gasteiger partial charge < -0.3 is 14.8 Å². The zero-order valence-corrected chi connectivity index (χ0v) is 16.5. The summed E-state index contributed by atoms with van der Waals surface area (Å²) in [7, 11) is 0. The minimum Gasteiger partial charge on any atom is -0.482 e. The second-order valence-corrected chi connectivity index (χ2v) is 6.66. The maximum absolute atomic E-state index is 13.6. The fraction of sp³-hybridized carbons (Fsp3) is 0.167. The number of esters is 1. The van der Waals surface area contributed by atoms with E-state index in [-0.39, 0.29) is 12.3 Å². The van der Waals surface area contributed by atoms with Gasteiger partial charge in [0.2, 0.25) is 0 Å². The molecule has 30 heavy (non-hydrogen) atoms. The molecular weight excluding hydrogens is 385 g/mol. The molecule has 0 spiro atoms. The Morgan fingerprint density at radius 3 is 2.37 bits per heavy atom. The number of ether oxygens (including phenoxy) is 2. The smallest absolute Gasteiger partial charge is 0.344 e. The van der Waals surface area contributed by atoms with Crippen molar-refractivity contribution in [2.45, 2.75) is 19.4 Å². The van der Waals surface area contributed by atoms with Gasteiger partial charge in [-0.3, -0.25) is 4.79 Å². The molecule has 0 heterocycles. The third-order valence-electron chi connectivity index (χ3n) is 4.36. The van der Waals surface area contributed by atoms with Crippen LogP contribution in [-0.4, -0.2) is 24.6 Å². The first kappa shape index (κ1) is 21.0. The van der Waals surface area contributed by atoms with Gasteiger partial charge in [-0.1, -0.05) is 60.7 Å². The molecule has 3 aromatic rings. The van der Waals surface area contributed by atoms with Crippen LogP contribution in [0.1, 0.15) is 18.1 Å². The quantitative estimate of drug-likeness (QED) is 0.564. The van der Waals surface area contributed by atoms with Crippen LogP contribution < -0.4 is 10.1 Å². The molecule has 1 amide bonds. The molecule has 0 fully saturated rings. The maximum atomic E-state index is 13.6. The summed E-state index contributed by atoms with van der Waals surface area (Å²) in [6, 6.07) is 23.1. The summed E-state index contributed by atoms with van der Waals surface area (Å²) >= 11 is 0. The molecule has 0 aliphatic heterocycles. The van der Waals surface area contributed by atoms with Crippen molar-refractivity contribution in [2.75, 3.05) is 11.9 Å². The van der Waals surface area contributed by atoms with Gasteiger partial charge in [0.15, 0.2) is 12.7 Å². The number of hydrogen-bond donors (Lipinski definition) is 1. The summed E-state index contributed by atoms with van der Waals surface area (Å²) in [5.41, 5.74) is 2.08. The van der Waals surface area contributed by atoms with E-state index in [1.807, 2.05) is 48.5 Å². The summed E-state index contributed by atoms with van der Waals surface area (Å²) in [6.45, 7) is 1.07. The SMILES string of the molecule is C[C@H](OC(=O)COc1ccccc1Cc1ccccc1)C(=O)Nc1ccccc1F. The summed E-state index contributed by atoms with van der Waals surface area (Å²) < 4.78 is 24.4. The van der Waals surface area contributed by atoms with Crippen LogP contribution in [0.5, 0.6) is 5.75 Å². The minimum atomic E-state index is -1.10. The number of para-hydroxylation sites is 2. The van der Waals surface area contributed by atoms with E-state index in [9.17, 15) is 14.0 Å². The predicted octanol–water partition coefficient (Wildman–Crippen LogP) is 4.37. The molecule has 0 unspecified atom stereocenters. The molecule has 0 aliphatic rings. The van der Waals surface area contributed by atoms with Crippen molar-refractivity contribution in [2.24, 2.45) is 0 Å². The van der Waals surface area contributed by atoms with Crippen LogP contribution in [-0.2, 0) is 20.7 Å². The van der Waals surface area contributed by atoms with Gasteiger partial charge in [0.05, 0.1) is 5.69 Å². The average Bonchev–Trinajstić information content (AvgIpc) is 2.75. The zero-order valence-electron chi connectivity index (χ0n) is 16.5. The van der Waals surface area contributed by atoms with E-state index >= 15 is 0 Å². The average molecular weight is 407 g/mol.